The topological polar surface area (TPSA) is 66.5 Å². The minimum Gasteiger partial charge on any atom is -0.339 e. The minimum atomic E-state index is -3.75. The lowest BCUT2D eigenvalue weighted by Gasteiger charge is -2.21. The van der Waals surface area contributed by atoms with Crippen molar-refractivity contribution in [1.82, 2.24) is 4.90 Å². The van der Waals surface area contributed by atoms with Crippen molar-refractivity contribution in [2.45, 2.75) is 38.5 Å². The number of amides is 1. The summed E-state index contributed by atoms with van der Waals surface area (Å²) in [5.41, 5.74) is 1.93. The van der Waals surface area contributed by atoms with Gasteiger partial charge in [0.05, 0.1) is 4.90 Å². The molecular weight excluding hydrogens is 348 g/mol. The molecule has 2 aromatic rings. The first-order chi connectivity index (χ1) is 12.4. The van der Waals surface area contributed by atoms with Crippen LogP contribution >= 0.6 is 0 Å². The molecule has 1 N–H and O–H groups in total. The zero-order valence-corrected chi connectivity index (χ0v) is 16.3. The fourth-order valence-corrected chi connectivity index (χ4v) is 3.77. The van der Waals surface area contributed by atoms with Crippen molar-refractivity contribution < 1.29 is 13.2 Å². The van der Waals surface area contributed by atoms with Crippen LogP contribution in [0.15, 0.2) is 53.4 Å². The first-order valence-electron chi connectivity index (χ1n) is 8.86. The monoisotopic (exact) mass is 374 g/mol. The fraction of sp³-hybridized carbons (Fsp3) is 0.350. The predicted molar refractivity (Wildman–Crippen MR) is 105 cm³/mol. The molecule has 0 aromatic heterocycles. The average Bonchev–Trinajstić information content (AvgIpc) is 2.63. The maximum atomic E-state index is 12.7. The molecule has 0 saturated carbocycles. The van der Waals surface area contributed by atoms with Gasteiger partial charge in [0.2, 0.25) is 0 Å². The van der Waals surface area contributed by atoms with Crippen molar-refractivity contribution in [3.63, 3.8) is 0 Å². The number of hydrogen-bond donors (Lipinski definition) is 1. The van der Waals surface area contributed by atoms with Crippen LogP contribution in [0.25, 0.3) is 0 Å². The van der Waals surface area contributed by atoms with Gasteiger partial charge in [-0.05, 0) is 50.1 Å². The first-order valence-corrected chi connectivity index (χ1v) is 10.3. The van der Waals surface area contributed by atoms with Gasteiger partial charge in [-0.15, -0.1) is 0 Å². The summed E-state index contributed by atoms with van der Waals surface area (Å²) in [6.07, 6.45) is 1.72. The molecule has 0 aliphatic carbocycles. The van der Waals surface area contributed by atoms with Crippen molar-refractivity contribution in [2.24, 2.45) is 0 Å². The molecule has 2 aromatic carbocycles. The average molecular weight is 375 g/mol. The Kier molecular flexibility index (Phi) is 6.80. The summed E-state index contributed by atoms with van der Waals surface area (Å²) in [6.45, 7) is 7.28. The molecule has 0 fully saturated rings. The summed E-state index contributed by atoms with van der Waals surface area (Å²) >= 11 is 0. The van der Waals surface area contributed by atoms with Gasteiger partial charge in [-0.25, -0.2) is 8.42 Å². The number of hydrogen-bond acceptors (Lipinski definition) is 3. The van der Waals surface area contributed by atoms with Crippen LogP contribution in [0.2, 0.25) is 0 Å². The second kappa shape index (κ2) is 8.85. The third kappa shape index (κ3) is 5.08. The molecule has 0 radical (unpaired) electrons. The zero-order valence-electron chi connectivity index (χ0n) is 15.5. The Morgan fingerprint density at radius 3 is 2.19 bits per heavy atom. The molecule has 0 saturated heterocycles. The van der Waals surface area contributed by atoms with Crippen molar-refractivity contribution in [3.05, 3.63) is 59.7 Å². The minimum absolute atomic E-state index is 0.0804. The lowest BCUT2D eigenvalue weighted by molar-refractivity contribution is 0.0755. The van der Waals surface area contributed by atoms with Crippen molar-refractivity contribution in [1.29, 1.82) is 0 Å². The molecule has 0 aliphatic rings. The van der Waals surface area contributed by atoms with Crippen molar-refractivity contribution in [2.75, 3.05) is 17.8 Å². The van der Waals surface area contributed by atoms with Crippen LogP contribution in [0.3, 0.4) is 0 Å². The van der Waals surface area contributed by atoms with Gasteiger partial charge in [-0.1, -0.05) is 37.6 Å². The first kappa shape index (κ1) is 20.0. The largest absolute Gasteiger partial charge is 0.339 e. The van der Waals surface area contributed by atoms with Crippen molar-refractivity contribution in [3.8, 4) is 0 Å². The highest BCUT2D eigenvalue weighted by Gasteiger charge is 2.19. The normalized spacial score (nSPS) is 11.2. The highest BCUT2D eigenvalue weighted by atomic mass is 32.2. The standard InChI is InChI=1S/C20H26N2O3S/c1-4-13-22(14-5-2)20(23)17-7-6-8-19(15-17)26(24,25)21-18-11-9-16(3)10-12-18/h6-12,15,21H,4-5,13-14H2,1-3H3. The highest BCUT2D eigenvalue weighted by molar-refractivity contribution is 7.92. The summed E-state index contributed by atoms with van der Waals surface area (Å²) in [4.78, 5) is 14.6. The number of carbonyl (C=O) groups excluding carboxylic acids is 1. The van der Waals surface area contributed by atoms with Crippen LogP contribution in [-0.4, -0.2) is 32.3 Å². The lowest BCUT2D eigenvalue weighted by Crippen LogP contribution is -2.32. The second-order valence-electron chi connectivity index (χ2n) is 6.29. The maximum Gasteiger partial charge on any atom is 0.261 e. The second-order valence-corrected chi connectivity index (χ2v) is 7.97. The zero-order chi connectivity index (χ0) is 19.2. The SMILES string of the molecule is CCCN(CCC)C(=O)c1cccc(S(=O)(=O)Nc2ccc(C)cc2)c1. The lowest BCUT2D eigenvalue weighted by atomic mass is 10.2. The Morgan fingerprint density at radius 2 is 1.62 bits per heavy atom. The van der Waals surface area contributed by atoms with Gasteiger partial charge in [0.15, 0.2) is 0 Å². The molecule has 1 amide bonds. The Morgan fingerprint density at radius 1 is 1.00 bits per heavy atom. The number of benzene rings is 2. The quantitative estimate of drug-likeness (QED) is 0.758. The van der Waals surface area contributed by atoms with Crippen LogP contribution < -0.4 is 4.72 Å². The van der Waals surface area contributed by atoms with E-state index >= 15 is 0 Å². The maximum absolute atomic E-state index is 12.7. The van der Waals surface area contributed by atoms with Gasteiger partial charge in [-0.2, -0.15) is 0 Å². The van der Waals surface area contributed by atoms with E-state index in [0.717, 1.165) is 18.4 Å². The van der Waals surface area contributed by atoms with Gasteiger partial charge in [0.25, 0.3) is 15.9 Å². The van der Waals surface area contributed by atoms with E-state index in [1.807, 2.05) is 32.9 Å². The molecule has 26 heavy (non-hydrogen) atoms. The van der Waals surface area contributed by atoms with Gasteiger partial charge in [-0.3, -0.25) is 9.52 Å². The molecule has 0 heterocycles. The van der Waals surface area contributed by atoms with Crippen LogP contribution in [0, 0.1) is 6.92 Å². The Hall–Kier alpha value is -2.34. The Bertz CT molecular complexity index is 840. The molecule has 140 valence electrons. The number of nitrogens with one attached hydrogen (secondary N) is 1. The van der Waals surface area contributed by atoms with E-state index in [2.05, 4.69) is 4.72 Å². The number of sulfonamides is 1. The van der Waals surface area contributed by atoms with E-state index < -0.39 is 10.0 Å². The van der Waals surface area contributed by atoms with Gasteiger partial charge < -0.3 is 4.90 Å². The molecule has 0 bridgehead atoms. The third-order valence-corrected chi connectivity index (χ3v) is 5.35. The molecule has 6 heteroatoms. The Labute approximate surface area is 156 Å². The molecular formula is C20H26N2O3S. The van der Waals surface area contributed by atoms with E-state index in [0.29, 0.717) is 24.3 Å². The Balaban J connectivity index is 2.26. The van der Waals surface area contributed by atoms with E-state index in [1.54, 1.807) is 29.2 Å². The molecule has 0 spiro atoms. The molecule has 0 atom stereocenters. The number of rotatable bonds is 8. The summed E-state index contributed by atoms with van der Waals surface area (Å²) in [5, 5.41) is 0. The van der Waals surface area contributed by atoms with Gasteiger partial charge >= 0.3 is 0 Å². The molecule has 2 rings (SSSR count). The van der Waals surface area contributed by atoms with E-state index in [1.165, 1.54) is 12.1 Å². The number of anilines is 1. The van der Waals surface area contributed by atoms with Crippen LogP contribution in [0.1, 0.15) is 42.6 Å². The fourth-order valence-electron chi connectivity index (χ4n) is 2.67. The van der Waals surface area contributed by atoms with E-state index in [-0.39, 0.29) is 10.8 Å². The molecule has 0 unspecified atom stereocenters. The van der Waals surface area contributed by atoms with Crippen LogP contribution in [0.4, 0.5) is 5.69 Å². The van der Waals surface area contributed by atoms with Crippen molar-refractivity contribution >= 4 is 21.6 Å². The molecule has 0 aliphatic heterocycles. The molecule has 5 nitrogen and oxygen atoms in total. The van der Waals surface area contributed by atoms with Crippen LogP contribution in [-0.2, 0) is 10.0 Å². The number of nitrogens with zero attached hydrogens (tertiary/aromatic N) is 1. The van der Waals surface area contributed by atoms with Gasteiger partial charge in [0, 0.05) is 24.3 Å². The summed E-state index contributed by atoms with van der Waals surface area (Å²) in [7, 11) is -3.75. The highest BCUT2D eigenvalue weighted by Crippen LogP contribution is 2.18. The predicted octanol–water partition coefficient (Wildman–Crippen LogP) is 4.06. The van der Waals surface area contributed by atoms with Gasteiger partial charge in [0.1, 0.15) is 0 Å². The third-order valence-electron chi connectivity index (χ3n) is 3.97. The van der Waals surface area contributed by atoms with Crippen LogP contribution in [0.5, 0.6) is 0 Å². The van der Waals surface area contributed by atoms with E-state index in [9.17, 15) is 13.2 Å². The summed E-state index contributed by atoms with van der Waals surface area (Å²) < 4.78 is 27.8. The van der Waals surface area contributed by atoms with E-state index in [4.69, 9.17) is 0 Å². The number of carbonyl (C=O) groups is 1. The smallest absolute Gasteiger partial charge is 0.261 e. The summed E-state index contributed by atoms with van der Waals surface area (Å²) in [6, 6.07) is 13.3. The summed E-state index contributed by atoms with van der Waals surface area (Å²) in [5.74, 6) is -0.138. The number of aryl methyl sites for hydroxylation is 1.